The van der Waals surface area contributed by atoms with Crippen LogP contribution in [0.3, 0.4) is 0 Å². The Kier molecular flexibility index (Phi) is 7.08. The highest BCUT2D eigenvalue weighted by atomic mass is 35.5. The molecule has 0 saturated carbocycles. The van der Waals surface area contributed by atoms with E-state index >= 15 is 0 Å². The van der Waals surface area contributed by atoms with Crippen LogP contribution in [-0.4, -0.2) is 18.3 Å². The van der Waals surface area contributed by atoms with Crippen LogP contribution < -0.4 is 5.32 Å². The molecule has 108 valence electrons. The van der Waals surface area contributed by atoms with Crippen LogP contribution in [0.25, 0.3) is 0 Å². The molecule has 1 aromatic carbocycles. The maximum absolute atomic E-state index is 13.5. The molecule has 19 heavy (non-hydrogen) atoms. The topological polar surface area (TPSA) is 32.3 Å². The van der Waals surface area contributed by atoms with E-state index in [1.165, 1.54) is 12.1 Å². The van der Waals surface area contributed by atoms with Crippen molar-refractivity contribution in [2.45, 2.75) is 32.7 Å². The zero-order valence-corrected chi connectivity index (χ0v) is 12.7. The molecule has 2 N–H and O–H groups in total. The summed E-state index contributed by atoms with van der Waals surface area (Å²) < 4.78 is 13.5. The van der Waals surface area contributed by atoms with Crippen LogP contribution >= 0.6 is 23.2 Å². The number of aliphatic hydroxyl groups excluding tert-OH is 1. The van der Waals surface area contributed by atoms with Gasteiger partial charge in [0, 0.05) is 17.7 Å². The number of aliphatic hydroxyl groups is 1. The minimum atomic E-state index is -0.461. The fourth-order valence-electron chi connectivity index (χ4n) is 1.96. The molecule has 0 aliphatic rings. The van der Waals surface area contributed by atoms with Gasteiger partial charge >= 0.3 is 0 Å². The summed E-state index contributed by atoms with van der Waals surface area (Å²) in [5.41, 5.74) is 0.697. The summed E-state index contributed by atoms with van der Waals surface area (Å²) in [6, 6.07) is 2.73. The Hall–Kier alpha value is -0.350. The third kappa shape index (κ3) is 4.92. The highest BCUT2D eigenvalue weighted by molar-refractivity contribution is 6.35. The average Bonchev–Trinajstić information content (AvgIpc) is 2.38. The summed E-state index contributed by atoms with van der Waals surface area (Å²) in [5, 5.41) is 12.8. The Bertz CT molecular complexity index is 415. The molecule has 0 saturated heterocycles. The van der Waals surface area contributed by atoms with Crippen LogP contribution in [-0.2, 0) is 0 Å². The number of rotatable bonds is 7. The first kappa shape index (κ1) is 16.7. The Morgan fingerprint density at radius 2 is 2.00 bits per heavy atom. The molecule has 2 atom stereocenters. The molecule has 2 unspecified atom stereocenters. The van der Waals surface area contributed by atoms with Crippen molar-refractivity contribution >= 4 is 23.2 Å². The Morgan fingerprint density at radius 3 is 2.58 bits per heavy atom. The number of benzene rings is 1. The van der Waals surface area contributed by atoms with Crippen molar-refractivity contribution in [3.8, 4) is 0 Å². The zero-order chi connectivity index (χ0) is 14.4. The van der Waals surface area contributed by atoms with Crippen molar-refractivity contribution in [2.24, 2.45) is 5.92 Å². The van der Waals surface area contributed by atoms with Crippen molar-refractivity contribution in [1.29, 1.82) is 0 Å². The molecule has 0 aromatic heterocycles. The van der Waals surface area contributed by atoms with E-state index in [2.05, 4.69) is 12.2 Å². The normalized spacial score (nSPS) is 14.4. The van der Waals surface area contributed by atoms with Crippen molar-refractivity contribution in [2.75, 3.05) is 13.2 Å². The monoisotopic (exact) mass is 307 g/mol. The van der Waals surface area contributed by atoms with Crippen LogP contribution in [0.4, 0.5) is 4.39 Å². The fraction of sp³-hybridized carbons (Fsp3) is 0.571. The first-order valence-corrected chi connectivity index (χ1v) is 7.23. The minimum absolute atomic E-state index is 0.0349. The van der Waals surface area contributed by atoms with E-state index in [0.29, 0.717) is 16.5 Å². The van der Waals surface area contributed by atoms with E-state index in [1.807, 2.05) is 6.92 Å². The van der Waals surface area contributed by atoms with Crippen LogP contribution in [0, 0.1) is 11.7 Å². The van der Waals surface area contributed by atoms with Crippen LogP contribution in [0.1, 0.15) is 38.3 Å². The molecular formula is C14H20Cl2FNO. The molecule has 1 rings (SSSR count). The van der Waals surface area contributed by atoms with E-state index in [4.69, 9.17) is 28.3 Å². The number of halogens is 3. The maximum atomic E-state index is 13.5. The summed E-state index contributed by atoms with van der Waals surface area (Å²) in [4.78, 5) is 0. The van der Waals surface area contributed by atoms with Gasteiger partial charge in [0.2, 0.25) is 0 Å². The number of hydrogen-bond acceptors (Lipinski definition) is 2. The highest BCUT2D eigenvalue weighted by Gasteiger charge is 2.14. The van der Waals surface area contributed by atoms with E-state index in [9.17, 15) is 4.39 Å². The zero-order valence-electron chi connectivity index (χ0n) is 11.2. The van der Waals surface area contributed by atoms with Crippen molar-refractivity contribution in [3.63, 3.8) is 0 Å². The van der Waals surface area contributed by atoms with Gasteiger partial charge in [-0.3, -0.25) is 0 Å². The third-order valence-electron chi connectivity index (χ3n) is 3.33. The second kappa shape index (κ2) is 8.05. The van der Waals surface area contributed by atoms with E-state index in [-0.39, 0.29) is 17.7 Å². The van der Waals surface area contributed by atoms with E-state index in [0.717, 1.165) is 19.4 Å². The van der Waals surface area contributed by atoms with Crippen molar-refractivity contribution < 1.29 is 9.50 Å². The molecule has 0 spiro atoms. The predicted octanol–water partition coefficient (Wildman–Crippen LogP) is 4.19. The maximum Gasteiger partial charge on any atom is 0.142 e. The predicted molar refractivity (Wildman–Crippen MR) is 78.3 cm³/mol. The highest BCUT2D eigenvalue weighted by Crippen LogP contribution is 2.28. The van der Waals surface area contributed by atoms with Gasteiger partial charge in [-0.05, 0) is 43.5 Å². The summed E-state index contributed by atoms with van der Waals surface area (Å²) >= 11 is 11.7. The SMILES string of the molecule is CCC(CCO)CNC(C)c1cc(F)c(Cl)cc1Cl. The summed E-state index contributed by atoms with van der Waals surface area (Å²) in [7, 11) is 0. The first-order valence-electron chi connectivity index (χ1n) is 6.48. The lowest BCUT2D eigenvalue weighted by molar-refractivity contribution is 0.249. The lowest BCUT2D eigenvalue weighted by Crippen LogP contribution is -2.26. The summed E-state index contributed by atoms with van der Waals surface area (Å²) in [6.07, 6.45) is 1.75. The van der Waals surface area contributed by atoms with Gasteiger partial charge in [-0.1, -0.05) is 36.5 Å². The van der Waals surface area contributed by atoms with Crippen molar-refractivity contribution in [1.82, 2.24) is 5.32 Å². The van der Waals surface area contributed by atoms with Gasteiger partial charge in [0.15, 0.2) is 0 Å². The molecular weight excluding hydrogens is 288 g/mol. The third-order valence-corrected chi connectivity index (χ3v) is 3.95. The van der Waals surface area contributed by atoms with Crippen molar-refractivity contribution in [3.05, 3.63) is 33.6 Å². The Morgan fingerprint density at radius 1 is 1.32 bits per heavy atom. The van der Waals surface area contributed by atoms with Gasteiger partial charge in [0.05, 0.1) is 5.02 Å². The number of hydrogen-bond donors (Lipinski definition) is 2. The first-order chi connectivity index (χ1) is 8.99. The summed E-state index contributed by atoms with van der Waals surface area (Å²) in [5.74, 6) is -0.0551. The second-order valence-electron chi connectivity index (χ2n) is 4.70. The molecule has 0 bridgehead atoms. The molecule has 0 aliphatic carbocycles. The van der Waals surface area contributed by atoms with Gasteiger partial charge < -0.3 is 10.4 Å². The van der Waals surface area contributed by atoms with Crippen LogP contribution in [0.15, 0.2) is 12.1 Å². The summed E-state index contributed by atoms with van der Waals surface area (Å²) in [6.45, 7) is 4.96. The minimum Gasteiger partial charge on any atom is -0.396 e. The van der Waals surface area contributed by atoms with Gasteiger partial charge in [-0.2, -0.15) is 0 Å². The fourth-order valence-corrected chi connectivity index (χ4v) is 2.50. The second-order valence-corrected chi connectivity index (χ2v) is 5.52. The molecule has 0 heterocycles. The van der Waals surface area contributed by atoms with Crippen LogP contribution in [0.2, 0.25) is 10.0 Å². The molecule has 1 aromatic rings. The van der Waals surface area contributed by atoms with E-state index in [1.54, 1.807) is 0 Å². The average molecular weight is 308 g/mol. The molecule has 2 nitrogen and oxygen atoms in total. The van der Waals surface area contributed by atoms with Gasteiger partial charge in [-0.15, -0.1) is 0 Å². The van der Waals surface area contributed by atoms with Crippen LogP contribution in [0.5, 0.6) is 0 Å². The molecule has 0 aliphatic heterocycles. The molecule has 5 heteroatoms. The standard InChI is InChI=1S/C14H20Cl2FNO/c1-3-10(4-5-19)8-18-9(2)11-6-14(17)13(16)7-12(11)15/h6-7,9-10,18-19H,3-5,8H2,1-2H3. The molecule has 0 radical (unpaired) electrons. The Labute approximate surface area is 123 Å². The quantitative estimate of drug-likeness (QED) is 0.740. The van der Waals surface area contributed by atoms with Gasteiger partial charge in [0.25, 0.3) is 0 Å². The van der Waals surface area contributed by atoms with E-state index < -0.39 is 5.82 Å². The largest absolute Gasteiger partial charge is 0.396 e. The lowest BCUT2D eigenvalue weighted by Gasteiger charge is -2.20. The van der Waals surface area contributed by atoms with Gasteiger partial charge in [-0.25, -0.2) is 4.39 Å². The number of nitrogens with one attached hydrogen (secondary N) is 1. The van der Waals surface area contributed by atoms with Gasteiger partial charge in [0.1, 0.15) is 5.82 Å². The lowest BCUT2D eigenvalue weighted by atomic mass is 10.0. The molecule has 0 fully saturated rings. The molecule has 0 amide bonds. The Balaban J connectivity index is 2.67. The smallest absolute Gasteiger partial charge is 0.142 e.